The third kappa shape index (κ3) is 4.25. The lowest BCUT2D eigenvalue weighted by molar-refractivity contribution is 0.102. The van der Waals surface area contributed by atoms with Crippen molar-refractivity contribution in [3.8, 4) is 0 Å². The van der Waals surface area contributed by atoms with E-state index in [1.807, 2.05) is 63.9 Å². The normalized spacial score (nSPS) is 14.3. The van der Waals surface area contributed by atoms with Gasteiger partial charge in [-0.2, -0.15) is 10.2 Å². The van der Waals surface area contributed by atoms with Gasteiger partial charge in [0.1, 0.15) is 5.03 Å². The van der Waals surface area contributed by atoms with Crippen molar-refractivity contribution < 1.29 is 4.79 Å². The monoisotopic (exact) mass is 490 g/mol. The second-order valence-corrected chi connectivity index (χ2v) is 10.1. The second-order valence-electron chi connectivity index (χ2n) is 8.25. The van der Waals surface area contributed by atoms with E-state index in [-0.39, 0.29) is 5.91 Å². The molecule has 0 bridgehead atoms. The van der Waals surface area contributed by atoms with Crippen LogP contribution in [0.5, 0.6) is 0 Å². The third-order valence-electron chi connectivity index (χ3n) is 5.67. The smallest absolute Gasteiger partial charge is 0.277 e. The zero-order valence-electron chi connectivity index (χ0n) is 18.4. The fraction of sp³-hybridized carbons (Fsp3) is 0.217. The molecule has 0 radical (unpaired) electrons. The van der Waals surface area contributed by atoms with E-state index in [1.165, 1.54) is 23.3 Å². The highest BCUT2D eigenvalue weighted by Gasteiger charge is 2.19. The lowest BCUT2D eigenvalue weighted by Gasteiger charge is -2.10. The van der Waals surface area contributed by atoms with Crippen molar-refractivity contribution in [2.24, 2.45) is 0 Å². The molecule has 0 saturated carbocycles. The molecule has 1 aliphatic heterocycles. The highest BCUT2D eigenvalue weighted by atomic mass is 32.2. The highest BCUT2D eigenvalue weighted by molar-refractivity contribution is 8.00. The number of pyridine rings is 1. The maximum Gasteiger partial charge on any atom is 0.277 e. The van der Waals surface area contributed by atoms with Crippen LogP contribution in [0, 0.1) is 0 Å². The molecular formula is C23H22N8OS2. The Hall–Kier alpha value is -3.41. The number of aryl methyl sites for hydroxylation is 1. The van der Waals surface area contributed by atoms with Crippen molar-refractivity contribution >= 4 is 55.7 Å². The molecule has 9 nitrogen and oxygen atoms in total. The Kier molecular flexibility index (Phi) is 5.44. The van der Waals surface area contributed by atoms with Gasteiger partial charge in [-0.1, -0.05) is 17.4 Å². The lowest BCUT2D eigenvalue weighted by atomic mass is 10.3. The number of carbonyl (C=O) groups excluding carboxylic acids is 1. The predicted octanol–water partition coefficient (Wildman–Crippen LogP) is 4.35. The van der Waals surface area contributed by atoms with E-state index in [9.17, 15) is 4.79 Å². The molecule has 0 unspecified atom stereocenters. The second kappa shape index (κ2) is 8.75. The van der Waals surface area contributed by atoms with E-state index in [2.05, 4.69) is 37.2 Å². The van der Waals surface area contributed by atoms with Crippen molar-refractivity contribution in [3.05, 3.63) is 66.1 Å². The number of nitrogens with one attached hydrogen (secondary N) is 2. The molecule has 0 saturated heterocycles. The standard InChI is InChI=1S/C23H22N8OS2/c1-29-8-4-10-31-17(14-29)12-19(26-31)22(32)25-23-24-18-7-6-15(11-20(18)33-23)28-34-21-13-16-5-2-3-9-30(16)27-21/h2-3,5-7,9,11-13,28H,4,8,10,14H2,1H3,(H,24,25,32). The number of hydrogen-bond acceptors (Lipinski definition) is 8. The maximum atomic E-state index is 12.8. The van der Waals surface area contributed by atoms with Crippen LogP contribution in [0.25, 0.3) is 15.7 Å². The van der Waals surface area contributed by atoms with Crippen molar-refractivity contribution in [2.45, 2.75) is 24.5 Å². The Morgan fingerprint density at radius 2 is 2.06 bits per heavy atom. The largest absolute Gasteiger partial charge is 0.324 e. The summed E-state index contributed by atoms with van der Waals surface area (Å²) in [6, 6.07) is 15.8. The number of anilines is 2. The molecule has 6 rings (SSSR count). The van der Waals surface area contributed by atoms with Crippen LogP contribution in [0.15, 0.2) is 59.8 Å². The molecule has 5 aromatic rings. The minimum absolute atomic E-state index is 0.233. The lowest BCUT2D eigenvalue weighted by Crippen LogP contribution is -2.17. The zero-order chi connectivity index (χ0) is 23.1. The summed E-state index contributed by atoms with van der Waals surface area (Å²) in [7, 11) is 2.09. The van der Waals surface area contributed by atoms with E-state index >= 15 is 0 Å². The molecule has 0 atom stereocenters. The van der Waals surface area contributed by atoms with Crippen LogP contribution >= 0.6 is 23.3 Å². The van der Waals surface area contributed by atoms with E-state index in [0.717, 1.165) is 58.2 Å². The first-order chi connectivity index (χ1) is 16.6. The summed E-state index contributed by atoms with van der Waals surface area (Å²) in [5, 5.41) is 13.4. The number of hydrogen-bond donors (Lipinski definition) is 2. The van der Waals surface area contributed by atoms with Gasteiger partial charge in [0.15, 0.2) is 10.8 Å². The van der Waals surface area contributed by atoms with Gasteiger partial charge in [0.05, 0.1) is 21.4 Å². The minimum Gasteiger partial charge on any atom is -0.324 e. The molecule has 0 fully saturated rings. The van der Waals surface area contributed by atoms with Gasteiger partial charge in [0.2, 0.25) is 0 Å². The van der Waals surface area contributed by atoms with E-state index < -0.39 is 0 Å². The number of amides is 1. The summed E-state index contributed by atoms with van der Waals surface area (Å²) in [6.07, 6.45) is 2.95. The van der Waals surface area contributed by atoms with Gasteiger partial charge in [-0.3, -0.25) is 14.8 Å². The number of nitrogens with zero attached hydrogens (tertiary/aromatic N) is 6. The van der Waals surface area contributed by atoms with Crippen molar-refractivity contribution in [3.63, 3.8) is 0 Å². The Morgan fingerprint density at radius 3 is 2.97 bits per heavy atom. The SMILES string of the molecule is CN1CCCn2nc(C(=O)Nc3nc4ccc(NSc5cc6ccccn6n5)cc4s3)cc2C1. The predicted molar refractivity (Wildman–Crippen MR) is 135 cm³/mol. The third-order valence-corrected chi connectivity index (χ3v) is 7.35. The van der Waals surface area contributed by atoms with E-state index in [4.69, 9.17) is 0 Å². The van der Waals surface area contributed by atoms with Crippen LogP contribution in [0.4, 0.5) is 10.8 Å². The van der Waals surface area contributed by atoms with Gasteiger partial charge in [-0.05, 0) is 55.9 Å². The Labute approximate surface area is 203 Å². The van der Waals surface area contributed by atoms with E-state index in [0.29, 0.717) is 10.8 Å². The molecular weight excluding hydrogens is 468 g/mol. The van der Waals surface area contributed by atoms with Gasteiger partial charge in [0, 0.05) is 43.5 Å². The molecule has 172 valence electrons. The minimum atomic E-state index is -0.233. The van der Waals surface area contributed by atoms with Crippen LogP contribution in [-0.2, 0) is 13.1 Å². The summed E-state index contributed by atoms with van der Waals surface area (Å²) >= 11 is 2.90. The number of rotatable bonds is 5. The number of thiazole rings is 1. The van der Waals surface area contributed by atoms with Gasteiger partial charge >= 0.3 is 0 Å². The van der Waals surface area contributed by atoms with Crippen molar-refractivity contribution in [1.29, 1.82) is 0 Å². The molecule has 4 aromatic heterocycles. The summed E-state index contributed by atoms with van der Waals surface area (Å²) in [6.45, 7) is 2.66. The molecule has 11 heteroatoms. The molecule has 1 aromatic carbocycles. The zero-order valence-corrected chi connectivity index (χ0v) is 20.1. The van der Waals surface area contributed by atoms with Crippen LogP contribution in [0.1, 0.15) is 22.6 Å². The Bertz CT molecular complexity index is 1470. The number of benzene rings is 1. The van der Waals surface area contributed by atoms with Gasteiger partial charge in [0.25, 0.3) is 5.91 Å². The summed E-state index contributed by atoms with van der Waals surface area (Å²) in [5.74, 6) is -0.233. The molecule has 0 aliphatic carbocycles. The molecule has 0 spiro atoms. The molecule has 34 heavy (non-hydrogen) atoms. The van der Waals surface area contributed by atoms with Crippen molar-refractivity contribution in [2.75, 3.05) is 23.6 Å². The Balaban J connectivity index is 1.15. The van der Waals surface area contributed by atoms with Crippen LogP contribution in [0.2, 0.25) is 0 Å². The van der Waals surface area contributed by atoms with E-state index in [1.54, 1.807) is 0 Å². The summed E-state index contributed by atoms with van der Waals surface area (Å²) < 4.78 is 8.12. The number of aromatic nitrogens is 5. The average Bonchev–Trinajstić information content (AvgIpc) is 3.51. The number of carbonyl (C=O) groups is 1. The van der Waals surface area contributed by atoms with Gasteiger partial charge < -0.3 is 9.62 Å². The van der Waals surface area contributed by atoms with Crippen molar-refractivity contribution in [1.82, 2.24) is 29.3 Å². The first-order valence-electron chi connectivity index (χ1n) is 11.0. The Morgan fingerprint density at radius 1 is 1.12 bits per heavy atom. The molecule has 1 amide bonds. The quantitative estimate of drug-likeness (QED) is 0.354. The van der Waals surface area contributed by atoms with Gasteiger partial charge in [-0.15, -0.1) is 0 Å². The first-order valence-corrected chi connectivity index (χ1v) is 12.6. The fourth-order valence-electron chi connectivity index (χ4n) is 4.01. The number of fused-ring (bicyclic) bond motifs is 3. The topological polar surface area (TPSA) is 92.4 Å². The highest BCUT2D eigenvalue weighted by Crippen LogP contribution is 2.30. The molecule has 2 N–H and O–H groups in total. The molecule has 5 heterocycles. The fourth-order valence-corrected chi connectivity index (χ4v) is 5.57. The summed E-state index contributed by atoms with van der Waals surface area (Å²) in [5.41, 5.74) is 4.32. The average molecular weight is 491 g/mol. The van der Waals surface area contributed by atoms with Crippen LogP contribution < -0.4 is 10.0 Å². The van der Waals surface area contributed by atoms with Gasteiger partial charge in [-0.25, -0.2) is 9.50 Å². The first kappa shape index (κ1) is 21.1. The maximum absolute atomic E-state index is 12.8. The molecule has 1 aliphatic rings. The van der Waals surface area contributed by atoms with Crippen LogP contribution in [0.3, 0.4) is 0 Å². The summed E-state index contributed by atoms with van der Waals surface area (Å²) in [4.78, 5) is 19.6. The van der Waals surface area contributed by atoms with Crippen LogP contribution in [-0.4, -0.2) is 48.8 Å².